The van der Waals surface area contributed by atoms with E-state index in [2.05, 4.69) is 128 Å². The van der Waals surface area contributed by atoms with Crippen LogP contribution < -0.4 is 0 Å². The topological polar surface area (TPSA) is 174 Å². The number of nitrogens with zero attached hydrogens (tertiary/aromatic N) is 16. The van der Waals surface area contributed by atoms with E-state index in [4.69, 9.17) is 40.3 Å². The molecule has 18 heteroatoms. The zero-order valence-electron chi connectivity index (χ0n) is 37.2. The van der Waals surface area contributed by atoms with Crippen molar-refractivity contribution in [1.82, 2.24) is 79.0 Å². The van der Waals surface area contributed by atoms with Gasteiger partial charge in [-0.3, -0.25) is 19.9 Å². The van der Waals surface area contributed by atoms with Crippen LogP contribution in [0, 0.1) is 25.3 Å². The van der Waals surface area contributed by atoms with Crippen molar-refractivity contribution in [2.24, 2.45) is 0 Å². The second kappa shape index (κ2) is 17.3. The Balaban J connectivity index is 0.00000330. The molecule has 0 aliphatic heterocycles. The minimum atomic E-state index is -1.43. The van der Waals surface area contributed by atoms with Gasteiger partial charge >= 0.3 is 42.1 Å². The Morgan fingerprint density at radius 2 is 0.540 bits per heavy atom. The summed E-state index contributed by atoms with van der Waals surface area (Å²) in [7, 11) is 0. The van der Waals surface area contributed by atoms with Gasteiger partial charge in [0.05, 0.1) is 69.3 Å². The summed E-state index contributed by atoms with van der Waals surface area (Å²) >= 11 is 0. The molecular formula is C45H48N16Pt2. The van der Waals surface area contributed by atoms with Crippen molar-refractivity contribution < 1.29 is 42.1 Å². The van der Waals surface area contributed by atoms with Gasteiger partial charge < -0.3 is 38.7 Å². The van der Waals surface area contributed by atoms with Gasteiger partial charge in [-0.1, -0.05) is 132 Å². The summed E-state index contributed by atoms with van der Waals surface area (Å²) in [5, 5.41) is 19.2. The Morgan fingerprint density at radius 1 is 0.333 bits per heavy atom. The van der Waals surface area contributed by atoms with E-state index < -0.39 is 5.41 Å². The maximum absolute atomic E-state index is 5.34. The first-order chi connectivity index (χ1) is 28.7. The standard InChI is InChI=1S/C45H48N16.2Pt/c1-41(2,3)37-46-25-58(54-37)33-21-13-17-29(50-33)45(30-18-14-22-34(51-30)59-26-47-38(55-59)42(4,5)6,31-19-15-23-35(52-31)60-27-48-39(56-60)43(7,8)9)32-20-16-24-36(53-32)61-28-49-40(57-61)44(10,11)12;;/h13-24H,1-12H3;;/q-4;2*+2. The summed E-state index contributed by atoms with van der Waals surface area (Å²) in [4.78, 5) is 39.4. The second-order valence-corrected chi connectivity index (χ2v) is 19.1. The van der Waals surface area contributed by atoms with Crippen LogP contribution in [0.15, 0.2) is 72.8 Å². The van der Waals surface area contributed by atoms with Gasteiger partial charge in [-0.25, -0.2) is 20.4 Å². The van der Waals surface area contributed by atoms with E-state index in [1.807, 2.05) is 72.8 Å². The quantitative estimate of drug-likeness (QED) is 0.154. The maximum Gasteiger partial charge on any atom is 2.00 e. The summed E-state index contributed by atoms with van der Waals surface area (Å²) in [6, 6.07) is 22.8. The second-order valence-electron chi connectivity index (χ2n) is 19.1. The molecule has 0 aromatic carbocycles. The molecule has 0 amide bonds. The normalized spacial score (nSPS) is 12.5. The molecule has 0 bridgehead atoms. The van der Waals surface area contributed by atoms with Crippen LogP contribution in [0.2, 0.25) is 0 Å². The predicted octanol–water partition coefficient (Wildman–Crippen LogP) is 6.36. The van der Waals surface area contributed by atoms with Crippen molar-refractivity contribution in [3.8, 4) is 23.3 Å². The molecule has 63 heavy (non-hydrogen) atoms. The fraction of sp³-hybridized carbons (Fsp3) is 0.378. The number of hydrogen-bond acceptors (Lipinski definition) is 12. The molecule has 8 rings (SSSR count). The van der Waals surface area contributed by atoms with Crippen molar-refractivity contribution in [2.45, 2.75) is 110 Å². The van der Waals surface area contributed by atoms with Crippen LogP contribution in [0.1, 0.15) is 129 Å². The molecule has 0 spiro atoms. The first kappa shape index (κ1) is 47.0. The van der Waals surface area contributed by atoms with Gasteiger partial charge in [0.25, 0.3) is 0 Å². The van der Waals surface area contributed by atoms with E-state index in [0.717, 1.165) is 0 Å². The van der Waals surface area contributed by atoms with Crippen molar-refractivity contribution in [3.05, 3.63) is 144 Å². The number of pyridine rings is 4. The van der Waals surface area contributed by atoms with Gasteiger partial charge in [-0.15, -0.1) is 0 Å². The van der Waals surface area contributed by atoms with Gasteiger partial charge in [-0.2, -0.15) is 0 Å². The predicted molar refractivity (Wildman–Crippen MR) is 226 cm³/mol. The Morgan fingerprint density at radius 3 is 0.714 bits per heavy atom. The first-order valence-electron chi connectivity index (χ1n) is 20.0. The molecule has 0 saturated carbocycles. The van der Waals surface area contributed by atoms with E-state index in [-0.39, 0.29) is 63.8 Å². The monoisotopic (exact) mass is 1200 g/mol. The molecule has 0 aliphatic carbocycles. The number of aromatic nitrogens is 16. The molecule has 8 aromatic heterocycles. The van der Waals surface area contributed by atoms with Crippen molar-refractivity contribution in [2.75, 3.05) is 0 Å². The smallest absolute Gasteiger partial charge is 0.349 e. The number of hydrogen-bond donors (Lipinski definition) is 0. The molecule has 16 nitrogen and oxygen atoms in total. The number of rotatable bonds is 8. The molecule has 8 heterocycles. The molecule has 328 valence electrons. The van der Waals surface area contributed by atoms with Crippen LogP contribution in [0.25, 0.3) is 23.3 Å². The average Bonchev–Trinajstić information content (AvgIpc) is 4.05. The van der Waals surface area contributed by atoms with Crippen LogP contribution in [0.4, 0.5) is 0 Å². The van der Waals surface area contributed by atoms with Crippen molar-refractivity contribution in [3.63, 3.8) is 0 Å². The van der Waals surface area contributed by atoms with E-state index in [1.54, 1.807) is 18.7 Å². The third-order valence-corrected chi connectivity index (χ3v) is 9.81. The molecule has 0 saturated heterocycles. The van der Waals surface area contributed by atoms with Crippen LogP contribution in [0.5, 0.6) is 0 Å². The summed E-state index contributed by atoms with van der Waals surface area (Å²) in [5.41, 5.74) is -0.586. The van der Waals surface area contributed by atoms with Crippen molar-refractivity contribution >= 4 is 0 Å². The van der Waals surface area contributed by atoms with Gasteiger partial charge in [0, 0.05) is 25.3 Å². The van der Waals surface area contributed by atoms with E-state index in [9.17, 15) is 0 Å². The minimum Gasteiger partial charge on any atom is -0.349 e. The zero-order valence-corrected chi connectivity index (χ0v) is 41.8. The molecule has 0 N–H and O–H groups in total. The Kier molecular flexibility index (Phi) is 12.9. The van der Waals surface area contributed by atoms with E-state index >= 15 is 0 Å². The molecule has 0 aliphatic rings. The maximum atomic E-state index is 5.34. The molecule has 0 unspecified atom stereocenters. The molecule has 0 atom stereocenters. The summed E-state index contributed by atoms with van der Waals surface area (Å²) in [6.45, 7) is 24.6. The summed E-state index contributed by atoms with van der Waals surface area (Å²) in [5.74, 6) is 4.41. The van der Waals surface area contributed by atoms with Gasteiger partial charge in [-0.05, 0) is 45.9 Å². The van der Waals surface area contributed by atoms with Crippen molar-refractivity contribution in [1.29, 1.82) is 0 Å². The van der Waals surface area contributed by atoms with Crippen LogP contribution in [-0.2, 0) is 69.2 Å². The summed E-state index contributed by atoms with van der Waals surface area (Å²) < 4.78 is 6.23. The fourth-order valence-electron chi connectivity index (χ4n) is 6.40. The Labute approximate surface area is 396 Å². The third-order valence-electron chi connectivity index (χ3n) is 9.81. The SMILES string of the molecule is CC(C)(C)c1n[c-]n(-c2cccc(C(c3cccc(-n4[c-]nc(C(C)(C)C)n4)n3)(c3cccc(-n4[c-]nc(C(C)(C)C)n4)n3)c3cccc(-n4[c-]nc(C(C)(C)C)n4)n3)n2)n1.[Pt+2].[Pt+2]. The van der Waals surface area contributed by atoms with Gasteiger partial charge in [0.15, 0.2) is 0 Å². The minimum absolute atomic E-state index is 0. The largest absolute Gasteiger partial charge is 2.00 e. The Bertz CT molecular complexity index is 2450. The molecular weight excluding hydrogens is 1150 g/mol. The Hall–Kier alpha value is -5.46. The molecule has 8 aromatic rings. The van der Waals surface area contributed by atoms with Crippen LogP contribution >= 0.6 is 0 Å². The fourth-order valence-corrected chi connectivity index (χ4v) is 6.40. The van der Waals surface area contributed by atoms with Gasteiger partial charge in [0.2, 0.25) is 0 Å². The van der Waals surface area contributed by atoms with E-state index in [1.165, 1.54) is 0 Å². The van der Waals surface area contributed by atoms with E-state index in [0.29, 0.717) is 69.3 Å². The first-order valence-corrected chi connectivity index (χ1v) is 20.0. The molecule has 0 radical (unpaired) electrons. The van der Waals surface area contributed by atoms with Gasteiger partial charge in [0.1, 0.15) is 5.41 Å². The summed E-state index contributed by atoms with van der Waals surface area (Å²) in [6.07, 6.45) is 12.2. The third kappa shape index (κ3) is 9.29. The van der Waals surface area contributed by atoms with Crippen LogP contribution in [0.3, 0.4) is 0 Å². The molecule has 0 fully saturated rings. The zero-order chi connectivity index (χ0) is 43.5. The average molecular weight is 1200 g/mol. The van der Waals surface area contributed by atoms with Crippen LogP contribution in [-0.4, -0.2) is 79.0 Å².